The molecular weight excluding hydrogens is 247 g/mol. The van der Waals surface area contributed by atoms with Crippen LogP contribution in [0.3, 0.4) is 0 Å². The zero-order valence-electron chi connectivity index (χ0n) is 11.7. The molecule has 4 nitrogen and oxygen atoms in total. The average molecular weight is 268 g/mol. The SMILES string of the molecule is CCOc1ccc(CCN(C)C(=O)CNC)cc1F. The molecule has 5 heteroatoms. The van der Waals surface area contributed by atoms with Crippen LogP contribution in [0.4, 0.5) is 4.39 Å². The van der Waals surface area contributed by atoms with E-state index in [0.717, 1.165) is 5.56 Å². The molecule has 0 aromatic heterocycles. The number of ether oxygens (including phenoxy) is 1. The molecule has 0 aliphatic carbocycles. The Morgan fingerprint density at radius 3 is 2.79 bits per heavy atom. The average Bonchev–Trinajstić information content (AvgIpc) is 2.39. The Balaban J connectivity index is 2.54. The van der Waals surface area contributed by atoms with Gasteiger partial charge in [0, 0.05) is 13.6 Å². The van der Waals surface area contributed by atoms with E-state index in [0.29, 0.717) is 26.1 Å². The minimum atomic E-state index is -0.358. The number of hydrogen-bond donors (Lipinski definition) is 1. The van der Waals surface area contributed by atoms with Gasteiger partial charge in [-0.1, -0.05) is 6.07 Å². The Morgan fingerprint density at radius 2 is 2.21 bits per heavy atom. The van der Waals surface area contributed by atoms with E-state index in [-0.39, 0.29) is 17.5 Å². The summed E-state index contributed by atoms with van der Waals surface area (Å²) in [6.45, 7) is 3.13. The molecule has 19 heavy (non-hydrogen) atoms. The summed E-state index contributed by atoms with van der Waals surface area (Å²) in [5, 5.41) is 2.81. The lowest BCUT2D eigenvalue weighted by Gasteiger charge is -2.17. The van der Waals surface area contributed by atoms with E-state index < -0.39 is 0 Å². The highest BCUT2D eigenvalue weighted by Crippen LogP contribution is 2.18. The van der Waals surface area contributed by atoms with E-state index in [9.17, 15) is 9.18 Å². The van der Waals surface area contributed by atoms with Crippen LogP contribution >= 0.6 is 0 Å². The summed E-state index contributed by atoms with van der Waals surface area (Å²) in [5.74, 6) is -0.0664. The minimum absolute atomic E-state index is 0.0221. The maximum Gasteiger partial charge on any atom is 0.236 e. The molecule has 1 amide bonds. The summed E-state index contributed by atoms with van der Waals surface area (Å²) >= 11 is 0. The molecule has 1 N–H and O–H groups in total. The largest absolute Gasteiger partial charge is 0.491 e. The van der Waals surface area contributed by atoms with Crippen molar-refractivity contribution in [3.05, 3.63) is 29.6 Å². The number of likely N-dealkylation sites (N-methyl/N-ethyl adjacent to an activating group) is 2. The molecule has 0 saturated carbocycles. The van der Waals surface area contributed by atoms with Crippen LogP contribution in [0.25, 0.3) is 0 Å². The summed E-state index contributed by atoms with van der Waals surface area (Å²) < 4.78 is 18.8. The van der Waals surface area contributed by atoms with Gasteiger partial charge in [-0.05, 0) is 38.1 Å². The molecule has 0 saturated heterocycles. The van der Waals surface area contributed by atoms with Crippen molar-refractivity contribution in [1.29, 1.82) is 0 Å². The van der Waals surface area contributed by atoms with Gasteiger partial charge in [-0.15, -0.1) is 0 Å². The van der Waals surface area contributed by atoms with E-state index in [4.69, 9.17) is 4.74 Å². The lowest BCUT2D eigenvalue weighted by molar-refractivity contribution is -0.128. The number of halogens is 1. The Hall–Kier alpha value is -1.62. The quantitative estimate of drug-likeness (QED) is 0.813. The van der Waals surface area contributed by atoms with Crippen LogP contribution in [0.1, 0.15) is 12.5 Å². The Morgan fingerprint density at radius 1 is 1.47 bits per heavy atom. The second-order valence-electron chi connectivity index (χ2n) is 4.29. The second-order valence-corrected chi connectivity index (χ2v) is 4.29. The second kappa shape index (κ2) is 7.74. The van der Waals surface area contributed by atoms with Gasteiger partial charge in [0.2, 0.25) is 5.91 Å². The fourth-order valence-electron chi connectivity index (χ4n) is 1.68. The zero-order chi connectivity index (χ0) is 14.3. The van der Waals surface area contributed by atoms with Crippen molar-refractivity contribution in [2.45, 2.75) is 13.3 Å². The summed E-state index contributed by atoms with van der Waals surface area (Å²) in [6.07, 6.45) is 0.620. The molecule has 0 heterocycles. The van der Waals surface area contributed by atoms with Crippen LogP contribution in [-0.4, -0.2) is 44.6 Å². The highest BCUT2D eigenvalue weighted by Gasteiger charge is 2.08. The van der Waals surface area contributed by atoms with Crippen LogP contribution in [0.15, 0.2) is 18.2 Å². The fourth-order valence-corrected chi connectivity index (χ4v) is 1.68. The van der Waals surface area contributed by atoms with Crippen LogP contribution < -0.4 is 10.1 Å². The van der Waals surface area contributed by atoms with E-state index in [1.165, 1.54) is 6.07 Å². The number of nitrogens with zero attached hydrogens (tertiary/aromatic N) is 1. The number of nitrogens with one attached hydrogen (secondary N) is 1. The normalized spacial score (nSPS) is 10.3. The van der Waals surface area contributed by atoms with Gasteiger partial charge in [0.05, 0.1) is 13.2 Å². The van der Waals surface area contributed by atoms with Crippen molar-refractivity contribution in [3.8, 4) is 5.75 Å². The standard InChI is InChI=1S/C14H21FN2O2/c1-4-19-13-6-5-11(9-12(13)15)7-8-17(3)14(18)10-16-2/h5-6,9,16H,4,7-8,10H2,1-3H3. The fraction of sp³-hybridized carbons (Fsp3) is 0.500. The van der Waals surface area contributed by atoms with Crippen molar-refractivity contribution >= 4 is 5.91 Å². The van der Waals surface area contributed by atoms with Gasteiger partial charge in [-0.2, -0.15) is 0 Å². The Labute approximate surface area is 113 Å². The molecule has 0 aliphatic rings. The number of hydrogen-bond acceptors (Lipinski definition) is 3. The lowest BCUT2D eigenvalue weighted by atomic mass is 10.1. The van der Waals surface area contributed by atoms with Crippen molar-refractivity contribution in [1.82, 2.24) is 10.2 Å². The number of carbonyl (C=O) groups is 1. The molecule has 0 spiro atoms. The molecule has 0 aliphatic heterocycles. The summed E-state index contributed by atoms with van der Waals surface area (Å²) in [5.41, 5.74) is 0.852. The first kappa shape index (κ1) is 15.4. The zero-order valence-corrected chi connectivity index (χ0v) is 11.7. The van der Waals surface area contributed by atoms with Gasteiger partial charge in [0.1, 0.15) is 0 Å². The summed E-state index contributed by atoms with van der Waals surface area (Å²) in [6, 6.07) is 4.91. The third-order valence-electron chi connectivity index (χ3n) is 2.79. The highest BCUT2D eigenvalue weighted by atomic mass is 19.1. The Kier molecular flexibility index (Phi) is 6.29. The van der Waals surface area contributed by atoms with Crippen molar-refractivity contribution in [2.24, 2.45) is 0 Å². The van der Waals surface area contributed by atoms with Gasteiger partial charge in [-0.3, -0.25) is 4.79 Å². The molecule has 0 atom stereocenters. The molecule has 0 radical (unpaired) electrons. The molecule has 1 rings (SSSR count). The predicted molar refractivity (Wildman–Crippen MR) is 72.8 cm³/mol. The maximum atomic E-state index is 13.6. The minimum Gasteiger partial charge on any atom is -0.491 e. The van der Waals surface area contributed by atoms with Crippen LogP contribution in [-0.2, 0) is 11.2 Å². The topological polar surface area (TPSA) is 41.6 Å². The number of rotatable bonds is 7. The van der Waals surface area contributed by atoms with E-state index in [2.05, 4.69) is 5.32 Å². The molecular formula is C14H21FN2O2. The van der Waals surface area contributed by atoms with E-state index in [1.807, 2.05) is 13.0 Å². The Bertz CT molecular complexity index is 424. The van der Waals surface area contributed by atoms with E-state index in [1.54, 1.807) is 25.1 Å². The maximum absolute atomic E-state index is 13.6. The molecule has 0 unspecified atom stereocenters. The first-order chi connectivity index (χ1) is 9.08. The van der Waals surface area contributed by atoms with Crippen LogP contribution in [0, 0.1) is 5.82 Å². The van der Waals surface area contributed by atoms with Crippen LogP contribution in [0.2, 0.25) is 0 Å². The van der Waals surface area contributed by atoms with Gasteiger partial charge in [0.25, 0.3) is 0 Å². The van der Waals surface area contributed by atoms with Crippen molar-refractivity contribution < 1.29 is 13.9 Å². The van der Waals surface area contributed by atoms with Crippen LogP contribution in [0.5, 0.6) is 5.75 Å². The van der Waals surface area contributed by atoms with Gasteiger partial charge in [-0.25, -0.2) is 4.39 Å². The van der Waals surface area contributed by atoms with Gasteiger partial charge in [0.15, 0.2) is 11.6 Å². The number of benzene rings is 1. The van der Waals surface area contributed by atoms with Gasteiger partial charge >= 0.3 is 0 Å². The third kappa shape index (κ3) is 4.87. The molecule has 106 valence electrons. The molecule has 0 bridgehead atoms. The molecule has 0 fully saturated rings. The monoisotopic (exact) mass is 268 g/mol. The summed E-state index contributed by atoms with van der Waals surface area (Å²) in [7, 11) is 3.47. The predicted octanol–water partition coefficient (Wildman–Crippen LogP) is 1.44. The third-order valence-corrected chi connectivity index (χ3v) is 2.79. The van der Waals surface area contributed by atoms with Crippen molar-refractivity contribution in [2.75, 3.05) is 33.8 Å². The lowest BCUT2D eigenvalue weighted by Crippen LogP contribution is -2.35. The number of carbonyl (C=O) groups excluding carboxylic acids is 1. The first-order valence-electron chi connectivity index (χ1n) is 6.38. The molecule has 1 aromatic carbocycles. The van der Waals surface area contributed by atoms with E-state index >= 15 is 0 Å². The first-order valence-corrected chi connectivity index (χ1v) is 6.38. The molecule has 1 aromatic rings. The number of amides is 1. The summed E-state index contributed by atoms with van der Waals surface area (Å²) in [4.78, 5) is 13.2. The highest BCUT2D eigenvalue weighted by molar-refractivity contribution is 5.77. The smallest absolute Gasteiger partial charge is 0.236 e. The van der Waals surface area contributed by atoms with Crippen molar-refractivity contribution in [3.63, 3.8) is 0 Å². The van der Waals surface area contributed by atoms with Gasteiger partial charge < -0.3 is 15.0 Å².